The summed E-state index contributed by atoms with van der Waals surface area (Å²) < 4.78 is 41.1. The second kappa shape index (κ2) is 20.7. The molecule has 4 fully saturated rings. The van der Waals surface area contributed by atoms with Gasteiger partial charge in [0.1, 0.15) is 85.1 Å². The van der Waals surface area contributed by atoms with Crippen molar-refractivity contribution in [2.45, 2.75) is 155 Å². The molecule has 62 heavy (non-hydrogen) atoms. The van der Waals surface area contributed by atoms with Crippen LogP contribution in [0, 0.1) is 0 Å². The molecule has 4 aliphatic rings. The van der Waals surface area contributed by atoms with E-state index in [1.165, 1.54) is 38.1 Å². The van der Waals surface area contributed by atoms with E-state index in [1.807, 2.05) is 0 Å². The highest BCUT2D eigenvalue weighted by atomic mass is 16.8. The molecule has 0 radical (unpaired) electrons. The van der Waals surface area contributed by atoms with Gasteiger partial charge in [-0.3, -0.25) is 9.59 Å². The van der Waals surface area contributed by atoms with Crippen molar-refractivity contribution in [3.8, 4) is 5.75 Å². The third-order valence-electron chi connectivity index (χ3n) is 11.3. The SMILES string of the molecule is CC(=O)N[C@@H]1C(O)C[C@](OC2C(O)[C@H](O[C@@H]3C(CO)O[C@@H](C)C(NC(=O)c4ccccc4O)[C@H]3O[C@@H]3OC(C)[C@@H](O)C(O)[C@@H]3O)OC(CO)[C@@H]2O)(C(=O)O)OC1[C@H](O)[C@H](O)CO. The Kier molecular flexibility index (Phi) is 16.6. The Hall–Kier alpha value is -3.29. The summed E-state index contributed by atoms with van der Waals surface area (Å²) in [4.78, 5) is 38.6. The Labute approximate surface area is 352 Å². The first kappa shape index (κ1) is 49.7. The van der Waals surface area contributed by atoms with Crippen LogP contribution in [-0.4, -0.2) is 232 Å². The summed E-state index contributed by atoms with van der Waals surface area (Å²) in [6, 6.07) is 2.46. The quantitative estimate of drug-likeness (QED) is 0.0778. The summed E-state index contributed by atoms with van der Waals surface area (Å²) in [5.74, 6) is -7.23. The summed E-state index contributed by atoms with van der Waals surface area (Å²) in [6.07, 6.45) is -34.0. The van der Waals surface area contributed by atoms with Crippen molar-refractivity contribution in [2.75, 3.05) is 19.8 Å². The van der Waals surface area contributed by atoms with E-state index in [-0.39, 0.29) is 5.56 Å². The zero-order valence-electron chi connectivity index (χ0n) is 33.6. The van der Waals surface area contributed by atoms with Gasteiger partial charge in [0.25, 0.3) is 11.7 Å². The number of aliphatic hydroxyl groups is 11. The molecule has 0 bridgehead atoms. The van der Waals surface area contributed by atoms with Crippen molar-refractivity contribution < 1.29 is 114 Å². The largest absolute Gasteiger partial charge is 0.507 e. The normalized spacial score (nSPS) is 42.4. The number of ether oxygens (including phenoxy) is 7. The molecule has 1 aromatic carbocycles. The lowest BCUT2D eigenvalue weighted by Crippen LogP contribution is -2.71. The number of hydrogen-bond donors (Lipinski definition) is 15. The number of phenols is 1. The number of aromatic hydroxyl groups is 1. The van der Waals surface area contributed by atoms with Crippen LogP contribution in [0.5, 0.6) is 5.75 Å². The van der Waals surface area contributed by atoms with Gasteiger partial charge in [0, 0.05) is 13.3 Å². The fraction of sp³-hybridized carbons (Fsp3) is 0.757. The zero-order valence-corrected chi connectivity index (χ0v) is 33.6. The van der Waals surface area contributed by atoms with E-state index in [1.54, 1.807) is 0 Å². The average molecular weight is 897 g/mol. The first-order valence-corrected chi connectivity index (χ1v) is 19.7. The van der Waals surface area contributed by atoms with Gasteiger partial charge in [0.2, 0.25) is 5.91 Å². The van der Waals surface area contributed by atoms with Crippen LogP contribution in [0.2, 0.25) is 0 Å². The third kappa shape index (κ3) is 10.3. The molecule has 1 aromatic rings. The smallest absolute Gasteiger partial charge is 0.364 e. The monoisotopic (exact) mass is 896 g/mol. The van der Waals surface area contributed by atoms with Crippen LogP contribution >= 0.6 is 0 Å². The summed E-state index contributed by atoms with van der Waals surface area (Å²) in [7, 11) is 0. The molecule has 0 aromatic heterocycles. The lowest BCUT2D eigenvalue weighted by Gasteiger charge is -2.51. The molecule has 5 rings (SSSR count). The number of carboxylic acids is 1. The Balaban J connectivity index is 1.51. The number of carbonyl (C=O) groups excluding carboxylic acids is 2. The molecule has 352 valence electrons. The van der Waals surface area contributed by atoms with Gasteiger partial charge in [-0.2, -0.15) is 0 Å². The van der Waals surface area contributed by atoms with Crippen LogP contribution in [0.1, 0.15) is 37.6 Å². The maximum Gasteiger partial charge on any atom is 0.364 e. The van der Waals surface area contributed by atoms with Gasteiger partial charge < -0.3 is 110 Å². The third-order valence-corrected chi connectivity index (χ3v) is 11.3. The number of rotatable bonds is 15. The number of hydrogen-bond acceptors (Lipinski definition) is 22. The molecule has 0 saturated carbocycles. The van der Waals surface area contributed by atoms with Gasteiger partial charge in [-0.05, 0) is 26.0 Å². The number of benzene rings is 1. The van der Waals surface area contributed by atoms with Crippen molar-refractivity contribution in [2.24, 2.45) is 0 Å². The fourth-order valence-electron chi connectivity index (χ4n) is 7.90. The minimum atomic E-state index is -3.12. The number of carbonyl (C=O) groups is 3. The van der Waals surface area contributed by atoms with Crippen molar-refractivity contribution in [1.82, 2.24) is 10.6 Å². The highest BCUT2D eigenvalue weighted by molar-refractivity contribution is 5.97. The van der Waals surface area contributed by atoms with Crippen LogP contribution in [0.3, 0.4) is 0 Å². The fourth-order valence-corrected chi connectivity index (χ4v) is 7.90. The maximum absolute atomic E-state index is 13.6. The molecule has 0 spiro atoms. The van der Waals surface area contributed by atoms with Crippen LogP contribution < -0.4 is 10.6 Å². The second-order valence-corrected chi connectivity index (χ2v) is 15.6. The number of para-hydroxylation sites is 1. The number of aliphatic hydroxyl groups excluding tert-OH is 11. The van der Waals surface area contributed by atoms with Gasteiger partial charge in [0.15, 0.2) is 12.6 Å². The lowest BCUT2D eigenvalue weighted by molar-refractivity contribution is -0.385. The first-order chi connectivity index (χ1) is 29.2. The Morgan fingerprint density at radius 2 is 1.40 bits per heavy atom. The van der Waals surface area contributed by atoms with Gasteiger partial charge in [-0.15, -0.1) is 0 Å². The van der Waals surface area contributed by atoms with Crippen LogP contribution in [0.4, 0.5) is 0 Å². The van der Waals surface area contributed by atoms with E-state index < -0.39 is 178 Å². The van der Waals surface area contributed by atoms with Crippen LogP contribution in [0.25, 0.3) is 0 Å². The Morgan fingerprint density at radius 1 is 0.774 bits per heavy atom. The second-order valence-electron chi connectivity index (χ2n) is 15.6. The average Bonchev–Trinajstić information content (AvgIpc) is 3.23. The molecule has 21 atom stereocenters. The summed E-state index contributed by atoms with van der Waals surface area (Å²) >= 11 is 0. The van der Waals surface area contributed by atoms with Crippen LogP contribution in [-0.2, 0) is 42.7 Å². The highest BCUT2D eigenvalue weighted by Crippen LogP contribution is 2.39. The molecule has 0 aliphatic carbocycles. The lowest BCUT2D eigenvalue weighted by atomic mass is 9.88. The van der Waals surface area contributed by atoms with Crippen molar-refractivity contribution >= 4 is 17.8 Å². The van der Waals surface area contributed by atoms with Gasteiger partial charge >= 0.3 is 5.97 Å². The maximum atomic E-state index is 13.6. The minimum Gasteiger partial charge on any atom is -0.507 e. The van der Waals surface area contributed by atoms with Gasteiger partial charge in [0.05, 0.1) is 55.8 Å². The van der Waals surface area contributed by atoms with E-state index in [9.17, 15) is 80.8 Å². The molecule has 25 nitrogen and oxygen atoms in total. The highest BCUT2D eigenvalue weighted by Gasteiger charge is 2.60. The van der Waals surface area contributed by atoms with Gasteiger partial charge in [-0.1, -0.05) is 12.1 Å². The van der Waals surface area contributed by atoms with E-state index in [0.717, 1.165) is 6.92 Å². The number of phenolic OH excluding ortho intramolecular Hbond substituents is 1. The van der Waals surface area contributed by atoms with Crippen molar-refractivity contribution in [1.29, 1.82) is 0 Å². The Bertz CT molecular complexity index is 1680. The van der Waals surface area contributed by atoms with E-state index in [2.05, 4.69) is 10.6 Å². The molecule has 4 heterocycles. The van der Waals surface area contributed by atoms with Gasteiger partial charge in [-0.25, -0.2) is 4.79 Å². The number of carboxylic acid groups (broad SMARTS) is 1. The summed E-state index contributed by atoms with van der Waals surface area (Å²) in [6.45, 7) is 0.816. The molecule has 4 saturated heterocycles. The molecule has 15 N–H and O–H groups in total. The van der Waals surface area contributed by atoms with Crippen molar-refractivity contribution in [3.05, 3.63) is 29.8 Å². The molecule has 4 aliphatic heterocycles. The summed E-state index contributed by atoms with van der Waals surface area (Å²) in [5, 5.41) is 143. The number of aliphatic carboxylic acids is 1. The topological polar surface area (TPSA) is 403 Å². The summed E-state index contributed by atoms with van der Waals surface area (Å²) in [5.41, 5.74) is -0.210. The first-order valence-electron chi connectivity index (χ1n) is 19.7. The van der Waals surface area contributed by atoms with E-state index in [4.69, 9.17) is 33.2 Å². The van der Waals surface area contributed by atoms with E-state index in [0.29, 0.717) is 0 Å². The van der Waals surface area contributed by atoms with Crippen molar-refractivity contribution in [3.63, 3.8) is 0 Å². The predicted molar refractivity (Wildman–Crippen MR) is 198 cm³/mol. The number of nitrogens with one attached hydrogen (secondary N) is 2. The van der Waals surface area contributed by atoms with E-state index >= 15 is 0 Å². The predicted octanol–water partition coefficient (Wildman–Crippen LogP) is -7.16. The minimum absolute atomic E-state index is 0.210. The standard InChI is InChI=1S/C37H56N2O23/c1-12-21(39-33(53)15-6-4-5-7-16(15)44)31(60-34-27(51)26(50)23(47)13(2)57-34)29(20(11-42)56-12)59-35-28(52)32(25(49)19(10-41)58-35)62-37(36(54)55)8-17(45)22(38-14(3)43)30(61-37)24(48)18(46)9-40/h4-7,12-13,17-32,34-35,40-42,44-52H,8-11H2,1-3H3,(H,38,43)(H,39,53)(H,54,55)/t12-,13?,17?,18+,19?,20?,21?,22+,23+,24+,25-,26?,27-,28?,29+,30?,31+,32?,34-,35-,37-/m0/s1. The molecule has 9 unspecified atom stereocenters. The number of amides is 2. The Morgan fingerprint density at radius 3 is 2.00 bits per heavy atom. The van der Waals surface area contributed by atoms with Crippen LogP contribution in [0.15, 0.2) is 24.3 Å². The zero-order chi connectivity index (χ0) is 46.0. The molecule has 2 amide bonds. The molecular weight excluding hydrogens is 840 g/mol. The molecular formula is C37H56N2O23. The molecule has 25 heteroatoms.